The van der Waals surface area contributed by atoms with E-state index in [9.17, 15) is 14.7 Å². The summed E-state index contributed by atoms with van der Waals surface area (Å²) in [6.45, 7) is 2.93. The first-order valence-corrected chi connectivity index (χ1v) is 10.0. The van der Waals surface area contributed by atoms with E-state index in [2.05, 4.69) is 10.1 Å². The van der Waals surface area contributed by atoms with Crippen LogP contribution in [-0.4, -0.2) is 33.3 Å². The Hall–Kier alpha value is -3.52. The molecule has 1 heterocycles. The maximum Gasteiger partial charge on any atom is 0.360 e. The predicted molar refractivity (Wildman–Crippen MR) is 112 cm³/mol. The lowest BCUT2D eigenvalue weighted by molar-refractivity contribution is -0.172. The molecule has 3 aromatic rings. The topological polar surface area (TPSA) is 98.1 Å². The zero-order chi connectivity index (χ0) is 21.6. The molecule has 2 aromatic carbocycles. The number of hydrogen-bond donors (Lipinski definition) is 1. The highest BCUT2D eigenvalue weighted by atomic mass is 32.1. The van der Waals surface area contributed by atoms with Crippen molar-refractivity contribution in [3.8, 4) is 0 Å². The van der Waals surface area contributed by atoms with Crippen LogP contribution in [0.5, 0.6) is 0 Å². The molecular weight excluding hydrogens is 404 g/mol. The minimum atomic E-state index is -1.53. The largest absolute Gasteiger partial charge is 0.476 e. The van der Waals surface area contributed by atoms with Gasteiger partial charge >= 0.3 is 11.9 Å². The highest BCUT2D eigenvalue weighted by Gasteiger charge is 2.35. The Labute approximate surface area is 177 Å². The van der Waals surface area contributed by atoms with Crippen LogP contribution in [0.1, 0.15) is 36.8 Å². The van der Waals surface area contributed by atoms with E-state index in [1.807, 2.05) is 60.7 Å². The molecule has 0 saturated heterocycles. The standard InChI is InChI=1S/C22H20N2O5S/c1-22(2,29-24-18(20(25)26)17-13-30-14-23-17)21(27)28-19(15-9-5-3-6-10-15)16-11-7-4-8-12-16/h3-14,19H,1-2H3,(H,25,26). The molecule has 0 spiro atoms. The maximum absolute atomic E-state index is 12.9. The van der Waals surface area contributed by atoms with Crippen LogP contribution in [0, 0.1) is 0 Å². The number of hydrogen-bond acceptors (Lipinski definition) is 7. The number of thiazole rings is 1. The second kappa shape index (κ2) is 9.32. The van der Waals surface area contributed by atoms with Gasteiger partial charge in [0.2, 0.25) is 11.3 Å². The van der Waals surface area contributed by atoms with Gasteiger partial charge in [-0.2, -0.15) is 0 Å². The number of carbonyl (C=O) groups excluding carboxylic acids is 1. The van der Waals surface area contributed by atoms with Crippen molar-refractivity contribution in [2.45, 2.75) is 25.6 Å². The number of rotatable bonds is 8. The molecule has 7 nitrogen and oxygen atoms in total. The summed E-state index contributed by atoms with van der Waals surface area (Å²) in [5, 5.41) is 14.6. The van der Waals surface area contributed by atoms with Gasteiger partial charge in [-0.15, -0.1) is 11.3 Å². The zero-order valence-corrected chi connectivity index (χ0v) is 17.2. The van der Waals surface area contributed by atoms with Crippen LogP contribution in [0.15, 0.2) is 76.7 Å². The number of carboxylic acid groups (broad SMARTS) is 1. The molecule has 0 saturated carbocycles. The van der Waals surface area contributed by atoms with E-state index in [0.29, 0.717) is 0 Å². The molecule has 0 fully saturated rings. The molecule has 0 atom stereocenters. The summed E-state index contributed by atoms with van der Waals surface area (Å²) in [5.74, 6) is -2.00. The lowest BCUT2D eigenvalue weighted by Gasteiger charge is -2.25. The van der Waals surface area contributed by atoms with Gasteiger partial charge < -0.3 is 14.7 Å². The molecule has 0 amide bonds. The highest BCUT2D eigenvalue weighted by Crippen LogP contribution is 2.28. The van der Waals surface area contributed by atoms with E-state index in [1.54, 1.807) is 0 Å². The number of ether oxygens (including phenoxy) is 1. The van der Waals surface area contributed by atoms with Crippen molar-refractivity contribution in [1.29, 1.82) is 0 Å². The monoisotopic (exact) mass is 424 g/mol. The molecule has 1 N–H and O–H groups in total. The first-order chi connectivity index (χ1) is 14.4. The van der Waals surface area contributed by atoms with Crippen molar-refractivity contribution in [2.24, 2.45) is 5.16 Å². The normalized spacial score (nSPS) is 11.9. The number of oxime groups is 1. The molecule has 1 aromatic heterocycles. The molecule has 154 valence electrons. The summed E-state index contributed by atoms with van der Waals surface area (Å²) in [4.78, 5) is 33.6. The summed E-state index contributed by atoms with van der Waals surface area (Å²) < 4.78 is 5.78. The van der Waals surface area contributed by atoms with E-state index in [4.69, 9.17) is 9.57 Å². The fourth-order valence-corrected chi connectivity index (χ4v) is 3.09. The van der Waals surface area contributed by atoms with Gasteiger partial charge in [0.05, 0.1) is 5.51 Å². The third kappa shape index (κ3) is 5.09. The van der Waals surface area contributed by atoms with Crippen molar-refractivity contribution in [1.82, 2.24) is 4.98 Å². The van der Waals surface area contributed by atoms with Crippen LogP contribution in [0.25, 0.3) is 0 Å². The van der Waals surface area contributed by atoms with Gasteiger partial charge in [-0.05, 0) is 25.0 Å². The second-order valence-electron chi connectivity index (χ2n) is 6.83. The summed E-state index contributed by atoms with van der Waals surface area (Å²) in [6, 6.07) is 18.6. The fourth-order valence-electron chi connectivity index (χ4n) is 2.56. The fraction of sp³-hybridized carbons (Fsp3) is 0.182. The first-order valence-electron chi connectivity index (χ1n) is 9.07. The van der Waals surface area contributed by atoms with Gasteiger partial charge in [0.25, 0.3) is 0 Å². The number of esters is 1. The lowest BCUT2D eigenvalue weighted by Crippen LogP contribution is -2.37. The average molecular weight is 424 g/mol. The number of carbonyl (C=O) groups is 2. The number of aromatic nitrogens is 1. The predicted octanol–water partition coefficient (Wildman–Crippen LogP) is 4.06. The third-order valence-electron chi connectivity index (χ3n) is 4.16. The first kappa shape index (κ1) is 21.2. The number of benzene rings is 2. The Balaban J connectivity index is 1.82. The highest BCUT2D eigenvalue weighted by molar-refractivity contribution is 7.07. The van der Waals surface area contributed by atoms with Crippen LogP contribution >= 0.6 is 11.3 Å². The molecule has 8 heteroatoms. The van der Waals surface area contributed by atoms with Crippen LogP contribution in [0.2, 0.25) is 0 Å². The Morgan fingerprint density at radius 3 is 2.07 bits per heavy atom. The molecule has 3 rings (SSSR count). The van der Waals surface area contributed by atoms with Gasteiger partial charge in [-0.1, -0.05) is 65.8 Å². The summed E-state index contributed by atoms with van der Waals surface area (Å²) in [7, 11) is 0. The SMILES string of the molecule is CC(C)(ON=C(C(=O)O)c1cscn1)C(=O)OC(c1ccccc1)c1ccccc1. The number of aliphatic carboxylic acids is 1. The summed E-state index contributed by atoms with van der Waals surface area (Å²) in [5.41, 5.74) is 1.31. The van der Waals surface area contributed by atoms with Gasteiger partial charge in [-0.3, -0.25) is 0 Å². The molecule has 0 aliphatic heterocycles. The van der Waals surface area contributed by atoms with Crippen molar-refractivity contribution in [3.63, 3.8) is 0 Å². The molecule has 0 bridgehead atoms. The van der Waals surface area contributed by atoms with Crippen LogP contribution in [0.4, 0.5) is 0 Å². The third-order valence-corrected chi connectivity index (χ3v) is 4.75. The zero-order valence-electron chi connectivity index (χ0n) is 16.4. The van der Waals surface area contributed by atoms with Crippen molar-refractivity contribution >= 4 is 29.0 Å². The van der Waals surface area contributed by atoms with E-state index in [-0.39, 0.29) is 11.4 Å². The minimum absolute atomic E-state index is 0.156. The van der Waals surface area contributed by atoms with Gasteiger partial charge in [0.1, 0.15) is 5.69 Å². The van der Waals surface area contributed by atoms with Gasteiger partial charge in [0, 0.05) is 5.38 Å². The molecule has 0 unspecified atom stereocenters. The Morgan fingerprint density at radius 2 is 1.60 bits per heavy atom. The minimum Gasteiger partial charge on any atom is -0.476 e. The van der Waals surface area contributed by atoms with Crippen LogP contribution in [0.3, 0.4) is 0 Å². The van der Waals surface area contributed by atoms with Gasteiger partial charge in [0.15, 0.2) is 6.10 Å². The average Bonchev–Trinajstić information content (AvgIpc) is 3.27. The lowest BCUT2D eigenvalue weighted by atomic mass is 10.0. The second-order valence-corrected chi connectivity index (χ2v) is 7.55. The van der Waals surface area contributed by atoms with Crippen molar-refractivity contribution < 1.29 is 24.3 Å². The van der Waals surface area contributed by atoms with Crippen LogP contribution < -0.4 is 0 Å². The van der Waals surface area contributed by atoms with E-state index in [1.165, 1.54) is 36.1 Å². The maximum atomic E-state index is 12.9. The smallest absolute Gasteiger partial charge is 0.360 e. The molecule has 30 heavy (non-hydrogen) atoms. The van der Waals surface area contributed by atoms with Crippen molar-refractivity contribution in [2.75, 3.05) is 0 Å². The Morgan fingerprint density at radius 1 is 1.03 bits per heavy atom. The van der Waals surface area contributed by atoms with Crippen molar-refractivity contribution in [3.05, 3.63) is 88.4 Å². The summed E-state index contributed by atoms with van der Waals surface area (Å²) in [6.07, 6.45) is -0.649. The number of carboxylic acids is 1. The quantitative estimate of drug-likeness (QED) is 0.333. The Kier molecular flexibility index (Phi) is 6.58. The Bertz CT molecular complexity index is 979. The molecule has 0 aliphatic carbocycles. The van der Waals surface area contributed by atoms with E-state index < -0.39 is 23.6 Å². The van der Waals surface area contributed by atoms with E-state index in [0.717, 1.165) is 11.1 Å². The van der Waals surface area contributed by atoms with Gasteiger partial charge in [-0.25, -0.2) is 14.6 Å². The number of nitrogens with zero attached hydrogens (tertiary/aromatic N) is 2. The van der Waals surface area contributed by atoms with Crippen LogP contribution in [-0.2, 0) is 19.2 Å². The molecule has 0 aliphatic rings. The van der Waals surface area contributed by atoms with E-state index >= 15 is 0 Å². The molecular formula is C22H20N2O5S. The molecule has 0 radical (unpaired) electrons. The summed E-state index contributed by atoms with van der Waals surface area (Å²) >= 11 is 1.23.